The molecule has 0 amide bonds. The summed E-state index contributed by atoms with van der Waals surface area (Å²) in [6, 6.07) is 0. The van der Waals surface area contributed by atoms with Crippen LogP contribution in [-0.2, 0) is 4.74 Å². The highest BCUT2D eigenvalue weighted by molar-refractivity contribution is 6.00. The molecular formula is C19H22N4O4. The van der Waals surface area contributed by atoms with Gasteiger partial charge in [-0.25, -0.2) is 9.97 Å². The van der Waals surface area contributed by atoms with Crippen LogP contribution in [0.4, 0.5) is 5.82 Å². The van der Waals surface area contributed by atoms with Crippen LogP contribution in [0.1, 0.15) is 31.6 Å². The number of aliphatic hydroxyl groups is 3. The molecule has 1 saturated heterocycles. The van der Waals surface area contributed by atoms with Crippen LogP contribution in [0.15, 0.2) is 30.2 Å². The molecule has 0 bridgehead atoms. The van der Waals surface area contributed by atoms with Crippen LogP contribution in [-0.4, -0.2) is 60.8 Å². The third-order valence-corrected chi connectivity index (χ3v) is 5.84. The van der Waals surface area contributed by atoms with Crippen molar-refractivity contribution >= 4 is 22.4 Å². The molecule has 1 fully saturated rings. The lowest BCUT2D eigenvalue weighted by molar-refractivity contribution is -0.0948. The molecule has 1 aliphatic carbocycles. The van der Waals surface area contributed by atoms with Gasteiger partial charge >= 0.3 is 0 Å². The van der Waals surface area contributed by atoms with E-state index in [1.165, 1.54) is 24.4 Å². The number of allylic oxidation sites excluding steroid dienone is 2. The van der Waals surface area contributed by atoms with Gasteiger partial charge in [-0.15, -0.1) is 0 Å². The maximum Gasteiger partial charge on any atom is 0.167 e. The summed E-state index contributed by atoms with van der Waals surface area (Å²) in [6.07, 6.45) is 6.68. The van der Waals surface area contributed by atoms with Gasteiger partial charge in [0.05, 0.1) is 12.0 Å². The van der Waals surface area contributed by atoms with E-state index in [0.717, 1.165) is 29.6 Å². The lowest BCUT2D eigenvalue weighted by atomic mass is 9.92. The summed E-state index contributed by atoms with van der Waals surface area (Å²) in [5.41, 5.74) is 2.53. The van der Waals surface area contributed by atoms with Crippen LogP contribution >= 0.6 is 0 Å². The molecule has 2 aromatic rings. The van der Waals surface area contributed by atoms with Crippen molar-refractivity contribution in [3.05, 3.63) is 35.8 Å². The molecule has 142 valence electrons. The second kappa shape index (κ2) is 5.87. The minimum atomic E-state index is -1.57. The summed E-state index contributed by atoms with van der Waals surface area (Å²) in [7, 11) is 0. The zero-order valence-corrected chi connectivity index (χ0v) is 15.0. The second-order valence-electron chi connectivity index (χ2n) is 7.55. The fraction of sp³-hybridized carbons (Fsp3) is 0.474. The summed E-state index contributed by atoms with van der Waals surface area (Å²) in [5.74, 6) is 0.744. The molecule has 4 N–H and O–H groups in total. The van der Waals surface area contributed by atoms with Crippen LogP contribution in [0, 0.1) is 0 Å². The Morgan fingerprint density at radius 1 is 1.41 bits per heavy atom. The molecule has 0 radical (unpaired) electrons. The predicted molar refractivity (Wildman–Crippen MR) is 98.9 cm³/mol. The van der Waals surface area contributed by atoms with E-state index in [4.69, 9.17) is 4.74 Å². The zero-order chi connectivity index (χ0) is 18.8. The number of hydrogen-bond acceptors (Lipinski definition) is 7. The van der Waals surface area contributed by atoms with Crippen molar-refractivity contribution in [3.63, 3.8) is 0 Å². The molecule has 3 aliphatic rings. The Labute approximate surface area is 155 Å². The van der Waals surface area contributed by atoms with Gasteiger partial charge in [0, 0.05) is 18.3 Å². The number of nitrogens with zero attached hydrogens (tertiary/aromatic N) is 3. The van der Waals surface area contributed by atoms with Crippen molar-refractivity contribution in [2.24, 2.45) is 0 Å². The first-order valence-corrected chi connectivity index (χ1v) is 9.17. The van der Waals surface area contributed by atoms with Crippen molar-refractivity contribution in [2.45, 2.75) is 43.8 Å². The van der Waals surface area contributed by atoms with Gasteiger partial charge in [0.25, 0.3) is 0 Å². The van der Waals surface area contributed by atoms with E-state index in [2.05, 4.69) is 27.4 Å². The Balaban J connectivity index is 1.73. The second-order valence-corrected chi connectivity index (χ2v) is 7.55. The molecule has 2 aliphatic heterocycles. The predicted octanol–water partition coefficient (Wildman–Crippen LogP) is 0.962. The van der Waals surface area contributed by atoms with Crippen LogP contribution in [0.5, 0.6) is 0 Å². The Hall–Kier alpha value is -2.26. The van der Waals surface area contributed by atoms with E-state index in [1.54, 1.807) is 4.57 Å². The molecule has 27 heavy (non-hydrogen) atoms. The summed E-state index contributed by atoms with van der Waals surface area (Å²) in [4.78, 5) is 8.84. The normalized spacial score (nSPS) is 32.5. The molecule has 0 spiro atoms. The highest BCUT2D eigenvalue weighted by Gasteiger charge is 2.53. The maximum absolute atomic E-state index is 10.9. The molecule has 2 unspecified atom stereocenters. The molecule has 4 atom stereocenters. The summed E-state index contributed by atoms with van der Waals surface area (Å²) in [5, 5.41) is 35.0. The first-order valence-electron chi connectivity index (χ1n) is 9.17. The van der Waals surface area contributed by atoms with Crippen molar-refractivity contribution in [3.8, 4) is 0 Å². The molecule has 8 heteroatoms. The number of ether oxygens (including phenoxy) is 1. The fourth-order valence-corrected chi connectivity index (χ4v) is 4.38. The molecule has 8 nitrogen and oxygen atoms in total. The number of nitrogens with one attached hydrogen (secondary N) is 1. The minimum absolute atomic E-state index is 0.373. The van der Waals surface area contributed by atoms with Gasteiger partial charge in [0.15, 0.2) is 6.23 Å². The minimum Gasteiger partial charge on any atom is -0.394 e. The van der Waals surface area contributed by atoms with Gasteiger partial charge in [-0.05, 0) is 30.9 Å². The largest absolute Gasteiger partial charge is 0.394 e. The van der Waals surface area contributed by atoms with E-state index in [1.807, 2.05) is 6.20 Å². The number of anilines is 1. The first-order chi connectivity index (χ1) is 13.0. The van der Waals surface area contributed by atoms with Gasteiger partial charge < -0.3 is 29.9 Å². The van der Waals surface area contributed by atoms with Crippen LogP contribution in [0.2, 0.25) is 0 Å². The molecule has 2 aromatic heterocycles. The molecular weight excluding hydrogens is 348 g/mol. The average molecular weight is 370 g/mol. The van der Waals surface area contributed by atoms with Gasteiger partial charge in [0.1, 0.15) is 35.6 Å². The molecule has 5 rings (SSSR count). The molecule has 0 saturated carbocycles. The number of rotatable bonds is 2. The van der Waals surface area contributed by atoms with E-state index >= 15 is 0 Å². The summed E-state index contributed by atoms with van der Waals surface area (Å²) in [6.45, 7) is 1.85. The van der Waals surface area contributed by atoms with E-state index in [-0.39, 0.29) is 6.61 Å². The lowest BCUT2D eigenvalue weighted by Gasteiger charge is -2.27. The van der Waals surface area contributed by atoms with Crippen molar-refractivity contribution in [2.75, 3.05) is 18.5 Å². The van der Waals surface area contributed by atoms with E-state index in [9.17, 15) is 15.3 Å². The standard InChI is InChI=1S/C19H22N4O4/c1-19(26)15(25)13(8-24)27-18(19)23-7-12-11-5-3-2-4-10(11)6-20-16-14(12)17(23)22-9-21-16/h2,4,7,9,13,15,18,24-26H,3,5-6,8H2,1H3,(H,20,21,22)/t13-,15-,18?,19?/m1/s1. The highest BCUT2D eigenvalue weighted by Crippen LogP contribution is 2.44. The number of aromatic nitrogens is 3. The summed E-state index contributed by atoms with van der Waals surface area (Å²) >= 11 is 0. The zero-order valence-electron chi connectivity index (χ0n) is 15.0. The quantitative estimate of drug-likeness (QED) is 0.623. The van der Waals surface area contributed by atoms with Crippen molar-refractivity contribution in [1.29, 1.82) is 0 Å². The summed E-state index contributed by atoms with van der Waals surface area (Å²) < 4.78 is 7.57. The van der Waals surface area contributed by atoms with Crippen LogP contribution in [0.25, 0.3) is 16.6 Å². The fourth-order valence-electron chi connectivity index (χ4n) is 4.38. The molecule has 4 heterocycles. The Bertz CT molecular complexity index is 977. The SMILES string of the molecule is CC1(O)C(n2cc3c4c(ncnc42)NCC2=C3CCC=C2)O[C@H](CO)[C@H]1O. The van der Waals surface area contributed by atoms with E-state index < -0.39 is 24.0 Å². The topological polar surface area (TPSA) is 113 Å². The van der Waals surface area contributed by atoms with Crippen LogP contribution in [0.3, 0.4) is 0 Å². The third-order valence-electron chi connectivity index (χ3n) is 5.84. The monoisotopic (exact) mass is 370 g/mol. The number of hydrogen-bond donors (Lipinski definition) is 4. The Morgan fingerprint density at radius 2 is 2.26 bits per heavy atom. The van der Waals surface area contributed by atoms with Crippen LogP contribution < -0.4 is 5.32 Å². The Kier molecular flexibility index (Phi) is 3.67. The van der Waals surface area contributed by atoms with Gasteiger partial charge in [-0.1, -0.05) is 12.2 Å². The van der Waals surface area contributed by atoms with Gasteiger partial charge in [-0.2, -0.15) is 0 Å². The maximum atomic E-state index is 10.9. The smallest absolute Gasteiger partial charge is 0.167 e. The Morgan fingerprint density at radius 3 is 3.04 bits per heavy atom. The third kappa shape index (κ3) is 2.31. The highest BCUT2D eigenvalue weighted by atomic mass is 16.6. The van der Waals surface area contributed by atoms with Gasteiger partial charge in [0.2, 0.25) is 0 Å². The first kappa shape index (κ1) is 16.9. The number of fused-ring (bicyclic) bond motifs is 1. The van der Waals surface area contributed by atoms with Crippen molar-refractivity contribution < 1.29 is 20.1 Å². The lowest BCUT2D eigenvalue weighted by Crippen LogP contribution is -2.44. The number of aliphatic hydroxyl groups excluding tert-OH is 2. The molecule has 0 aromatic carbocycles. The van der Waals surface area contributed by atoms with Gasteiger partial charge in [-0.3, -0.25) is 0 Å². The van der Waals surface area contributed by atoms with E-state index in [0.29, 0.717) is 12.2 Å². The van der Waals surface area contributed by atoms with Crippen molar-refractivity contribution in [1.82, 2.24) is 14.5 Å². The average Bonchev–Trinajstić information content (AvgIpc) is 3.09.